The maximum absolute atomic E-state index is 11.9. The Bertz CT molecular complexity index is 275. The number of urea groups is 1. The lowest BCUT2D eigenvalue weighted by Crippen LogP contribution is -2.44. The molecule has 1 heterocycles. The molecule has 0 unspecified atom stereocenters. The fourth-order valence-corrected chi connectivity index (χ4v) is 2.03. The molecule has 2 amide bonds. The quantitative estimate of drug-likeness (QED) is 0.841. The topological polar surface area (TPSA) is 35.6 Å². The summed E-state index contributed by atoms with van der Waals surface area (Å²) in [5.74, 6) is 0.378. The van der Waals surface area contributed by atoms with Crippen molar-refractivity contribution in [2.75, 3.05) is 40.3 Å². The van der Waals surface area contributed by atoms with Crippen LogP contribution >= 0.6 is 0 Å². The van der Waals surface area contributed by atoms with E-state index >= 15 is 0 Å². The predicted molar refractivity (Wildman–Crippen MR) is 62.3 cm³/mol. The smallest absolute Gasteiger partial charge is 0.329 e. The predicted octanol–water partition coefficient (Wildman–Crippen LogP) is 1.53. The lowest BCUT2D eigenvalue weighted by atomic mass is 9.97. The van der Waals surface area contributed by atoms with Crippen LogP contribution < -0.4 is 5.32 Å². The zero-order valence-corrected chi connectivity index (χ0v) is 10.8. The molecule has 1 aliphatic rings. The second-order valence-electron chi connectivity index (χ2n) is 4.90. The molecule has 1 N–H and O–H groups in total. The monoisotopic (exact) mass is 267 g/mol. The van der Waals surface area contributed by atoms with Crippen LogP contribution in [0, 0.1) is 5.92 Å². The van der Waals surface area contributed by atoms with Crippen molar-refractivity contribution < 1.29 is 18.0 Å². The molecule has 7 heteroatoms. The lowest BCUT2D eigenvalue weighted by Gasteiger charge is -2.31. The minimum absolute atomic E-state index is 0.378. The van der Waals surface area contributed by atoms with Crippen molar-refractivity contribution in [1.29, 1.82) is 0 Å². The van der Waals surface area contributed by atoms with Crippen molar-refractivity contribution in [1.82, 2.24) is 15.1 Å². The SMILES string of the molecule is CN1CCC(CN(C)C(=O)NCC(F)(F)F)CC1. The number of alkyl halides is 3. The molecule has 0 bridgehead atoms. The van der Waals surface area contributed by atoms with Gasteiger partial charge in [0, 0.05) is 13.6 Å². The number of piperidine rings is 1. The molecule has 0 aromatic rings. The van der Waals surface area contributed by atoms with Gasteiger partial charge < -0.3 is 15.1 Å². The first-order valence-corrected chi connectivity index (χ1v) is 6.02. The van der Waals surface area contributed by atoms with E-state index < -0.39 is 18.8 Å². The van der Waals surface area contributed by atoms with Crippen LogP contribution in [0.25, 0.3) is 0 Å². The summed E-state index contributed by atoms with van der Waals surface area (Å²) in [5.41, 5.74) is 0. The van der Waals surface area contributed by atoms with E-state index in [0.717, 1.165) is 25.9 Å². The van der Waals surface area contributed by atoms with E-state index in [2.05, 4.69) is 4.90 Å². The average Bonchev–Trinajstić information content (AvgIpc) is 2.28. The minimum Gasteiger partial charge on any atom is -0.329 e. The highest BCUT2D eigenvalue weighted by molar-refractivity contribution is 5.73. The van der Waals surface area contributed by atoms with E-state index in [1.807, 2.05) is 12.4 Å². The van der Waals surface area contributed by atoms with Crippen LogP contribution in [-0.4, -0.2) is 62.3 Å². The molecule has 1 saturated heterocycles. The van der Waals surface area contributed by atoms with Crippen molar-refractivity contribution in [2.45, 2.75) is 19.0 Å². The summed E-state index contributed by atoms with van der Waals surface area (Å²) < 4.78 is 35.8. The summed E-state index contributed by atoms with van der Waals surface area (Å²) in [7, 11) is 3.57. The molecule has 0 aromatic heterocycles. The highest BCUT2D eigenvalue weighted by atomic mass is 19.4. The standard InChI is InChI=1S/C11H20F3N3O/c1-16-5-3-9(4-6-16)7-17(2)10(18)15-8-11(12,13)14/h9H,3-8H2,1-2H3,(H,15,18). The Kier molecular flexibility index (Phi) is 5.25. The molecule has 0 aromatic carbocycles. The first kappa shape index (κ1) is 15.1. The number of amides is 2. The number of halogens is 3. The molecule has 0 spiro atoms. The van der Waals surface area contributed by atoms with Crippen LogP contribution in [0.1, 0.15) is 12.8 Å². The van der Waals surface area contributed by atoms with Gasteiger partial charge in [-0.2, -0.15) is 13.2 Å². The third kappa shape index (κ3) is 5.57. The van der Waals surface area contributed by atoms with Gasteiger partial charge in [0.1, 0.15) is 6.54 Å². The molecule has 18 heavy (non-hydrogen) atoms. The maximum Gasteiger partial charge on any atom is 0.405 e. The van der Waals surface area contributed by atoms with Crippen LogP contribution in [0.15, 0.2) is 0 Å². The summed E-state index contributed by atoms with van der Waals surface area (Å²) in [4.78, 5) is 15.0. The Morgan fingerprint density at radius 2 is 1.94 bits per heavy atom. The summed E-state index contributed by atoms with van der Waals surface area (Å²) in [6, 6.07) is -0.661. The number of carbonyl (C=O) groups is 1. The van der Waals surface area contributed by atoms with Gasteiger partial charge in [-0.15, -0.1) is 0 Å². The van der Waals surface area contributed by atoms with Gasteiger partial charge in [-0.05, 0) is 38.9 Å². The first-order valence-electron chi connectivity index (χ1n) is 6.02. The van der Waals surface area contributed by atoms with Crippen LogP contribution in [0.2, 0.25) is 0 Å². The first-order chi connectivity index (χ1) is 8.28. The highest BCUT2D eigenvalue weighted by Gasteiger charge is 2.28. The number of likely N-dealkylation sites (tertiary alicyclic amines) is 1. The fourth-order valence-electron chi connectivity index (χ4n) is 2.03. The number of hydrogen-bond acceptors (Lipinski definition) is 2. The molecule has 1 rings (SSSR count). The van der Waals surface area contributed by atoms with E-state index in [4.69, 9.17) is 0 Å². The van der Waals surface area contributed by atoms with E-state index in [1.54, 1.807) is 0 Å². The average molecular weight is 267 g/mol. The van der Waals surface area contributed by atoms with Crippen LogP contribution in [0.5, 0.6) is 0 Å². The van der Waals surface area contributed by atoms with Gasteiger partial charge in [0.2, 0.25) is 0 Å². The van der Waals surface area contributed by atoms with E-state index in [-0.39, 0.29) is 0 Å². The van der Waals surface area contributed by atoms with Crippen LogP contribution in [0.4, 0.5) is 18.0 Å². The fraction of sp³-hybridized carbons (Fsp3) is 0.909. The van der Waals surface area contributed by atoms with Gasteiger partial charge in [0.15, 0.2) is 0 Å². The van der Waals surface area contributed by atoms with Crippen molar-refractivity contribution in [3.8, 4) is 0 Å². The van der Waals surface area contributed by atoms with E-state index in [1.165, 1.54) is 11.9 Å². The molecule has 0 aliphatic carbocycles. The molecule has 0 radical (unpaired) electrons. The lowest BCUT2D eigenvalue weighted by molar-refractivity contribution is -0.123. The Balaban J connectivity index is 2.27. The zero-order chi connectivity index (χ0) is 13.8. The number of carbonyl (C=O) groups excluding carboxylic acids is 1. The summed E-state index contributed by atoms with van der Waals surface area (Å²) in [5, 5.41) is 1.87. The van der Waals surface area contributed by atoms with E-state index in [9.17, 15) is 18.0 Å². The Morgan fingerprint density at radius 1 is 1.39 bits per heavy atom. The normalized spacial score (nSPS) is 18.7. The Hall–Kier alpha value is -0.980. The van der Waals surface area contributed by atoms with Crippen molar-refractivity contribution in [2.24, 2.45) is 5.92 Å². The molecular formula is C11H20F3N3O. The molecule has 1 aliphatic heterocycles. The summed E-state index contributed by atoms with van der Waals surface area (Å²) in [6.45, 7) is 1.19. The van der Waals surface area contributed by atoms with Gasteiger partial charge in [-0.1, -0.05) is 0 Å². The van der Waals surface area contributed by atoms with Gasteiger partial charge >= 0.3 is 12.2 Å². The maximum atomic E-state index is 11.9. The van der Waals surface area contributed by atoms with Crippen LogP contribution in [-0.2, 0) is 0 Å². The second kappa shape index (κ2) is 6.26. The molecular weight excluding hydrogens is 247 g/mol. The number of hydrogen-bond donors (Lipinski definition) is 1. The number of nitrogens with zero attached hydrogens (tertiary/aromatic N) is 2. The van der Waals surface area contributed by atoms with Crippen molar-refractivity contribution >= 4 is 6.03 Å². The molecule has 106 valence electrons. The van der Waals surface area contributed by atoms with E-state index in [0.29, 0.717) is 12.5 Å². The summed E-state index contributed by atoms with van der Waals surface area (Å²) >= 11 is 0. The Morgan fingerprint density at radius 3 is 2.44 bits per heavy atom. The van der Waals surface area contributed by atoms with Crippen LogP contribution in [0.3, 0.4) is 0 Å². The largest absolute Gasteiger partial charge is 0.405 e. The Labute approximate surface area is 105 Å². The van der Waals surface area contributed by atoms with Gasteiger partial charge in [0.25, 0.3) is 0 Å². The number of rotatable bonds is 3. The second-order valence-corrected chi connectivity index (χ2v) is 4.90. The highest BCUT2D eigenvalue weighted by Crippen LogP contribution is 2.17. The minimum atomic E-state index is -4.36. The molecule has 0 atom stereocenters. The van der Waals surface area contributed by atoms with Crippen molar-refractivity contribution in [3.63, 3.8) is 0 Å². The third-order valence-electron chi connectivity index (χ3n) is 3.16. The third-order valence-corrected chi connectivity index (χ3v) is 3.16. The zero-order valence-electron chi connectivity index (χ0n) is 10.8. The van der Waals surface area contributed by atoms with Crippen molar-refractivity contribution in [3.05, 3.63) is 0 Å². The number of nitrogens with one attached hydrogen (secondary N) is 1. The van der Waals surface area contributed by atoms with Gasteiger partial charge in [-0.3, -0.25) is 0 Å². The molecule has 1 fully saturated rings. The van der Waals surface area contributed by atoms with Gasteiger partial charge in [-0.25, -0.2) is 4.79 Å². The summed E-state index contributed by atoms with van der Waals surface area (Å²) in [6.07, 6.45) is -2.40. The van der Waals surface area contributed by atoms with Gasteiger partial charge in [0.05, 0.1) is 0 Å². The molecule has 4 nitrogen and oxygen atoms in total. The molecule has 0 saturated carbocycles.